The predicted octanol–water partition coefficient (Wildman–Crippen LogP) is 3.41. The highest BCUT2D eigenvalue weighted by atomic mass is 127. The summed E-state index contributed by atoms with van der Waals surface area (Å²) in [4.78, 5) is 2.15. The minimum absolute atomic E-state index is 0.275. The number of nitrogens with zero attached hydrogens (tertiary/aromatic N) is 1. The molecule has 3 atom stereocenters. The van der Waals surface area contributed by atoms with Gasteiger partial charge in [0, 0.05) is 43.6 Å². The number of halogens is 1. The molecular formula is C14H19IN2O. The van der Waals surface area contributed by atoms with E-state index in [1.807, 2.05) is 0 Å². The number of anilines is 2. The molecule has 0 radical (unpaired) electrons. The Morgan fingerprint density at radius 3 is 3.00 bits per heavy atom. The Balaban J connectivity index is 2.01. The van der Waals surface area contributed by atoms with E-state index in [9.17, 15) is 0 Å². The van der Waals surface area contributed by atoms with Crippen LogP contribution in [0.15, 0.2) is 18.2 Å². The zero-order chi connectivity index (χ0) is 12.7. The average molecular weight is 358 g/mol. The summed E-state index contributed by atoms with van der Waals surface area (Å²) in [6, 6.07) is 6.62. The molecule has 18 heavy (non-hydrogen) atoms. The monoisotopic (exact) mass is 358 g/mol. The Kier molecular flexibility index (Phi) is 3.40. The molecule has 0 amide bonds. The summed E-state index contributed by atoms with van der Waals surface area (Å²) in [6.07, 6.45) is 2.72. The third kappa shape index (κ3) is 2.09. The van der Waals surface area contributed by atoms with E-state index < -0.39 is 0 Å². The average Bonchev–Trinajstić information content (AvgIpc) is 2.38. The summed E-state index contributed by atoms with van der Waals surface area (Å²) in [6.45, 7) is 0.899. The van der Waals surface area contributed by atoms with Gasteiger partial charge in [-0.15, -0.1) is 0 Å². The van der Waals surface area contributed by atoms with Gasteiger partial charge in [-0.25, -0.2) is 0 Å². The maximum atomic E-state index is 6.05. The number of benzene rings is 1. The molecule has 1 saturated heterocycles. The highest BCUT2D eigenvalue weighted by molar-refractivity contribution is 14.1. The van der Waals surface area contributed by atoms with E-state index in [0.717, 1.165) is 6.61 Å². The molecule has 3 nitrogen and oxygen atoms in total. The van der Waals surface area contributed by atoms with Gasteiger partial charge < -0.3 is 15.0 Å². The summed E-state index contributed by atoms with van der Waals surface area (Å²) in [5.74, 6) is 0.601. The summed E-state index contributed by atoms with van der Waals surface area (Å²) in [7, 11) is 4.16. The first kappa shape index (κ1) is 12.5. The first-order valence-corrected chi connectivity index (χ1v) is 7.75. The van der Waals surface area contributed by atoms with Gasteiger partial charge in [-0.2, -0.15) is 0 Å². The largest absolute Gasteiger partial charge is 0.378 e. The van der Waals surface area contributed by atoms with Crippen molar-refractivity contribution in [2.75, 3.05) is 30.9 Å². The van der Waals surface area contributed by atoms with Gasteiger partial charge in [0.1, 0.15) is 0 Å². The lowest BCUT2D eigenvalue weighted by Gasteiger charge is -2.41. The van der Waals surface area contributed by atoms with Crippen molar-refractivity contribution in [3.8, 4) is 0 Å². The number of hydrogen-bond acceptors (Lipinski definition) is 3. The number of fused-ring (bicyclic) bond motifs is 3. The van der Waals surface area contributed by atoms with Crippen molar-refractivity contribution >= 4 is 34.0 Å². The van der Waals surface area contributed by atoms with E-state index in [2.05, 4.69) is 65.1 Å². The molecule has 0 spiro atoms. The van der Waals surface area contributed by atoms with Crippen LogP contribution in [0.3, 0.4) is 0 Å². The van der Waals surface area contributed by atoms with Crippen LogP contribution in [0.4, 0.5) is 11.4 Å². The van der Waals surface area contributed by atoms with Crippen LogP contribution in [-0.2, 0) is 4.74 Å². The summed E-state index contributed by atoms with van der Waals surface area (Å²) in [5, 5.41) is 3.61. The summed E-state index contributed by atoms with van der Waals surface area (Å²) < 4.78 is 6.53. The second-order valence-corrected chi connectivity index (χ2v) is 6.65. The van der Waals surface area contributed by atoms with Crippen LogP contribution in [0.2, 0.25) is 0 Å². The quantitative estimate of drug-likeness (QED) is 0.473. The van der Waals surface area contributed by atoms with Crippen molar-refractivity contribution in [1.29, 1.82) is 0 Å². The Morgan fingerprint density at radius 2 is 2.22 bits per heavy atom. The summed E-state index contributed by atoms with van der Waals surface area (Å²) >= 11 is 2.51. The number of alkyl halides is 1. The van der Waals surface area contributed by atoms with Crippen molar-refractivity contribution in [3.63, 3.8) is 0 Å². The van der Waals surface area contributed by atoms with Crippen LogP contribution in [0.1, 0.15) is 24.5 Å². The van der Waals surface area contributed by atoms with Gasteiger partial charge in [0.2, 0.25) is 0 Å². The normalized spacial score (nSPS) is 30.1. The fraction of sp³-hybridized carbons (Fsp3) is 0.571. The lowest BCUT2D eigenvalue weighted by Crippen LogP contribution is -2.37. The Labute approximate surface area is 122 Å². The van der Waals surface area contributed by atoms with Gasteiger partial charge in [-0.05, 0) is 31.0 Å². The molecule has 1 N–H and O–H groups in total. The third-order valence-electron chi connectivity index (χ3n) is 3.90. The highest BCUT2D eigenvalue weighted by Gasteiger charge is 2.37. The molecule has 1 aromatic rings. The van der Waals surface area contributed by atoms with Crippen molar-refractivity contribution in [1.82, 2.24) is 0 Å². The van der Waals surface area contributed by atoms with E-state index in [-0.39, 0.29) is 6.10 Å². The SMILES string of the molecule is CN(C)c1ccc2c(c1)[C@H]1OCCC[C@H]1[C@H](I)N2. The van der Waals surface area contributed by atoms with Crippen molar-refractivity contribution in [2.45, 2.75) is 23.0 Å². The minimum atomic E-state index is 0.275. The standard InChI is InChI=1S/C14H19IN2O/c1-17(2)9-5-6-12-11(8-9)13-10(14(15)16-12)4-3-7-18-13/h5-6,8,10,13-14,16H,3-4,7H2,1-2H3/t10-,13+,14-/m1/s1. The first-order chi connectivity index (χ1) is 8.66. The maximum absolute atomic E-state index is 6.05. The third-order valence-corrected chi connectivity index (χ3v) is 5.13. The van der Waals surface area contributed by atoms with E-state index in [0.29, 0.717) is 9.97 Å². The maximum Gasteiger partial charge on any atom is 0.0901 e. The predicted molar refractivity (Wildman–Crippen MR) is 83.6 cm³/mol. The molecular weight excluding hydrogens is 339 g/mol. The van der Waals surface area contributed by atoms with Crippen LogP contribution in [0.5, 0.6) is 0 Å². The molecule has 1 fully saturated rings. The molecule has 0 unspecified atom stereocenters. The van der Waals surface area contributed by atoms with Crippen LogP contribution in [-0.4, -0.2) is 24.8 Å². The smallest absolute Gasteiger partial charge is 0.0901 e. The molecule has 0 aliphatic carbocycles. The topological polar surface area (TPSA) is 24.5 Å². The Bertz CT molecular complexity index is 449. The van der Waals surface area contributed by atoms with Gasteiger partial charge in [0.15, 0.2) is 0 Å². The fourth-order valence-corrected chi connectivity index (χ4v) is 3.95. The molecule has 2 aliphatic heterocycles. The zero-order valence-electron chi connectivity index (χ0n) is 10.8. The van der Waals surface area contributed by atoms with Crippen LogP contribution in [0, 0.1) is 5.92 Å². The molecule has 0 aromatic heterocycles. The van der Waals surface area contributed by atoms with Crippen LogP contribution in [0.25, 0.3) is 0 Å². The van der Waals surface area contributed by atoms with Gasteiger partial charge >= 0.3 is 0 Å². The van der Waals surface area contributed by atoms with Gasteiger partial charge in [-0.3, -0.25) is 0 Å². The second-order valence-electron chi connectivity index (χ2n) is 5.31. The van der Waals surface area contributed by atoms with E-state index >= 15 is 0 Å². The molecule has 98 valence electrons. The number of hydrogen-bond donors (Lipinski definition) is 1. The molecule has 3 rings (SSSR count). The molecule has 4 heteroatoms. The van der Waals surface area contributed by atoms with Crippen LogP contribution < -0.4 is 10.2 Å². The molecule has 0 bridgehead atoms. The minimum Gasteiger partial charge on any atom is -0.378 e. The number of ether oxygens (including phenoxy) is 1. The van der Waals surface area contributed by atoms with Gasteiger partial charge in [0.05, 0.1) is 10.2 Å². The second kappa shape index (κ2) is 4.89. The Hall–Kier alpha value is -0.490. The van der Waals surface area contributed by atoms with E-state index in [1.54, 1.807) is 0 Å². The number of nitrogens with one attached hydrogen (secondary N) is 1. The van der Waals surface area contributed by atoms with Crippen molar-refractivity contribution in [2.24, 2.45) is 5.92 Å². The molecule has 2 heterocycles. The lowest BCUT2D eigenvalue weighted by atomic mass is 9.85. The number of rotatable bonds is 1. The van der Waals surface area contributed by atoms with E-state index in [1.165, 1.54) is 29.8 Å². The van der Waals surface area contributed by atoms with Crippen molar-refractivity contribution in [3.05, 3.63) is 23.8 Å². The lowest BCUT2D eigenvalue weighted by molar-refractivity contribution is -0.0280. The Morgan fingerprint density at radius 1 is 1.39 bits per heavy atom. The molecule has 0 saturated carbocycles. The van der Waals surface area contributed by atoms with E-state index in [4.69, 9.17) is 4.74 Å². The van der Waals surface area contributed by atoms with Gasteiger partial charge in [0.25, 0.3) is 0 Å². The van der Waals surface area contributed by atoms with Gasteiger partial charge in [-0.1, -0.05) is 22.6 Å². The zero-order valence-corrected chi connectivity index (χ0v) is 13.0. The first-order valence-electron chi connectivity index (χ1n) is 6.50. The molecule has 1 aromatic carbocycles. The fourth-order valence-electron chi connectivity index (χ4n) is 2.88. The molecule has 2 aliphatic rings. The summed E-state index contributed by atoms with van der Waals surface area (Å²) in [5.41, 5.74) is 3.82. The van der Waals surface area contributed by atoms with Crippen LogP contribution >= 0.6 is 22.6 Å². The highest BCUT2D eigenvalue weighted by Crippen LogP contribution is 2.46. The van der Waals surface area contributed by atoms with Crippen molar-refractivity contribution < 1.29 is 4.74 Å².